The molecular weight excluding hydrogens is 303 g/mol. The molecule has 2 heteroatoms. The molecule has 2 aromatic rings. The Balaban J connectivity index is 2.44. The average Bonchev–Trinajstić information content (AvgIpc) is 2.45. The van der Waals surface area contributed by atoms with Gasteiger partial charge in [0.2, 0.25) is 0 Å². The maximum absolute atomic E-state index is 13.4. The van der Waals surface area contributed by atoms with E-state index in [1.54, 1.807) is 12.1 Å². The zero-order chi connectivity index (χ0) is 13.8. The van der Waals surface area contributed by atoms with Gasteiger partial charge in [0.1, 0.15) is 5.82 Å². The Morgan fingerprint density at radius 3 is 2.47 bits per heavy atom. The molecule has 1 atom stereocenters. The van der Waals surface area contributed by atoms with E-state index in [-0.39, 0.29) is 10.6 Å². The molecule has 19 heavy (non-hydrogen) atoms. The lowest BCUT2D eigenvalue weighted by Crippen LogP contribution is -2.00. The Morgan fingerprint density at radius 1 is 1.05 bits per heavy atom. The third-order valence-corrected chi connectivity index (χ3v) is 4.44. The van der Waals surface area contributed by atoms with Crippen LogP contribution in [0.2, 0.25) is 0 Å². The van der Waals surface area contributed by atoms with E-state index < -0.39 is 0 Å². The molecule has 0 fully saturated rings. The summed E-state index contributed by atoms with van der Waals surface area (Å²) < 4.78 is 13.4. The first-order valence-corrected chi connectivity index (χ1v) is 7.58. The molecule has 0 nitrogen and oxygen atoms in total. The van der Waals surface area contributed by atoms with Crippen molar-refractivity contribution in [3.05, 3.63) is 70.5 Å². The van der Waals surface area contributed by atoms with E-state index >= 15 is 0 Å². The third-order valence-electron chi connectivity index (χ3n) is 3.41. The molecule has 2 rings (SSSR count). The Kier molecular flexibility index (Phi) is 4.76. The number of rotatable bonds is 4. The van der Waals surface area contributed by atoms with Gasteiger partial charge in [0, 0.05) is 0 Å². The van der Waals surface area contributed by atoms with Crippen LogP contribution < -0.4 is 0 Å². The molecule has 1 unspecified atom stereocenters. The number of alkyl halides is 1. The van der Waals surface area contributed by atoms with Gasteiger partial charge >= 0.3 is 0 Å². The van der Waals surface area contributed by atoms with Crippen molar-refractivity contribution in [1.82, 2.24) is 0 Å². The van der Waals surface area contributed by atoms with Gasteiger partial charge in [-0.2, -0.15) is 0 Å². The highest BCUT2D eigenvalue weighted by Gasteiger charge is 2.14. The summed E-state index contributed by atoms with van der Waals surface area (Å²) in [6.07, 6.45) is 2.00. The van der Waals surface area contributed by atoms with Crippen LogP contribution in [0.25, 0.3) is 0 Å². The zero-order valence-electron chi connectivity index (χ0n) is 11.3. The SMILES string of the molecule is CCc1ccc(CC)c(C(Br)c2cccc(F)c2)c1. The van der Waals surface area contributed by atoms with Gasteiger partial charge in [-0.15, -0.1) is 0 Å². The van der Waals surface area contributed by atoms with Crippen molar-refractivity contribution in [2.45, 2.75) is 31.5 Å². The van der Waals surface area contributed by atoms with Crippen LogP contribution in [0.3, 0.4) is 0 Å². The molecule has 0 N–H and O–H groups in total. The Bertz CT molecular complexity index is 563. The van der Waals surface area contributed by atoms with Crippen LogP contribution in [0.1, 0.15) is 40.9 Å². The van der Waals surface area contributed by atoms with Gasteiger partial charge in [0.25, 0.3) is 0 Å². The monoisotopic (exact) mass is 320 g/mol. The lowest BCUT2D eigenvalue weighted by molar-refractivity contribution is 0.626. The highest BCUT2D eigenvalue weighted by molar-refractivity contribution is 9.09. The Labute approximate surface area is 122 Å². The quantitative estimate of drug-likeness (QED) is 0.658. The van der Waals surface area contributed by atoms with Gasteiger partial charge in [-0.1, -0.05) is 60.1 Å². The van der Waals surface area contributed by atoms with Crippen molar-refractivity contribution in [2.24, 2.45) is 0 Å². The highest BCUT2D eigenvalue weighted by atomic mass is 79.9. The number of hydrogen-bond donors (Lipinski definition) is 0. The number of hydrogen-bond acceptors (Lipinski definition) is 0. The molecule has 0 amide bonds. The van der Waals surface area contributed by atoms with Gasteiger partial charge in [0.15, 0.2) is 0 Å². The molecule has 0 saturated heterocycles. The molecule has 2 aromatic carbocycles. The van der Waals surface area contributed by atoms with E-state index in [1.165, 1.54) is 22.8 Å². The highest BCUT2D eigenvalue weighted by Crippen LogP contribution is 2.34. The minimum Gasteiger partial charge on any atom is -0.207 e. The number of halogens is 2. The van der Waals surface area contributed by atoms with Crippen LogP contribution in [0.4, 0.5) is 4.39 Å². The number of benzene rings is 2. The van der Waals surface area contributed by atoms with Crippen molar-refractivity contribution in [3.8, 4) is 0 Å². The maximum atomic E-state index is 13.4. The predicted molar refractivity (Wildman–Crippen MR) is 82.4 cm³/mol. The second kappa shape index (κ2) is 6.33. The van der Waals surface area contributed by atoms with E-state index in [0.717, 1.165) is 18.4 Å². The van der Waals surface area contributed by atoms with Crippen LogP contribution in [-0.4, -0.2) is 0 Å². The zero-order valence-corrected chi connectivity index (χ0v) is 12.9. The first-order valence-electron chi connectivity index (χ1n) is 6.67. The summed E-state index contributed by atoms with van der Waals surface area (Å²) in [7, 11) is 0. The summed E-state index contributed by atoms with van der Waals surface area (Å²) in [5, 5.41) is 0. The molecule has 100 valence electrons. The Morgan fingerprint density at radius 2 is 1.84 bits per heavy atom. The van der Waals surface area contributed by atoms with Crippen molar-refractivity contribution in [2.75, 3.05) is 0 Å². The van der Waals surface area contributed by atoms with Crippen molar-refractivity contribution in [1.29, 1.82) is 0 Å². The molecule has 0 aliphatic carbocycles. The van der Waals surface area contributed by atoms with Crippen molar-refractivity contribution in [3.63, 3.8) is 0 Å². The van der Waals surface area contributed by atoms with E-state index in [1.807, 2.05) is 6.07 Å². The summed E-state index contributed by atoms with van der Waals surface area (Å²) >= 11 is 3.72. The largest absolute Gasteiger partial charge is 0.207 e. The third kappa shape index (κ3) is 3.24. The molecule has 0 saturated carbocycles. The second-order valence-corrected chi connectivity index (χ2v) is 5.57. The molecular formula is C17H18BrF. The summed E-state index contributed by atoms with van der Waals surface area (Å²) in [6.45, 7) is 4.30. The van der Waals surface area contributed by atoms with Crippen LogP contribution >= 0.6 is 15.9 Å². The second-order valence-electron chi connectivity index (χ2n) is 4.66. The van der Waals surface area contributed by atoms with Gasteiger partial charge in [-0.25, -0.2) is 4.39 Å². The molecule has 0 radical (unpaired) electrons. The summed E-state index contributed by atoms with van der Waals surface area (Å²) in [5.74, 6) is -0.188. The summed E-state index contributed by atoms with van der Waals surface area (Å²) in [5.41, 5.74) is 4.83. The molecule has 0 aliphatic heterocycles. The van der Waals surface area contributed by atoms with Crippen LogP contribution in [0.5, 0.6) is 0 Å². The smallest absolute Gasteiger partial charge is 0.123 e. The topological polar surface area (TPSA) is 0 Å². The van der Waals surface area contributed by atoms with Crippen LogP contribution in [0.15, 0.2) is 42.5 Å². The van der Waals surface area contributed by atoms with Gasteiger partial charge in [-0.3, -0.25) is 0 Å². The maximum Gasteiger partial charge on any atom is 0.123 e. The minimum absolute atomic E-state index is 0.0460. The van der Waals surface area contributed by atoms with Crippen molar-refractivity contribution >= 4 is 15.9 Å². The fourth-order valence-corrected chi connectivity index (χ4v) is 2.98. The van der Waals surface area contributed by atoms with Crippen LogP contribution in [-0.2, 0) is 12.8 Å². The summed E-state index contributed by atoms with van der Waals surface area (Å²) in [4.78, 5) is 0.0460. The fourth-order valence-electron chi connectivity index (χ4n) is 2.27. The lowest BCUT2D eigenvalue weighted by Gasteiger charge is -2.16. The standard InChI is InChI=1S/C17H18BrF/c1-3-12-8-9-13(4-2)16(10-12)17(18)14-6-5-7-15(19)11-14/h5-11,17H,3-4H2,1-2H3. The lowest BCUT2D eigenvalue weighted by atomic mass is 9.95. The first kappa shape index (κ1) is 14.3. The van der Waals surface area contributed by atoms with Gasteiger partial charge in [-0.05, 0) is 47.2 Å². The fraction of sp³-hybridized carbons (Fsp3) is 0.294. The van der Waals surface area contributed by atoms with E-state index in [2.05, 4.69) is 48.0 Å². The normalized spacial score (nSPS) is 12.4. The predicted octanol–water partition coefficient (Wildman–Crippen LogP) is 5.43. The minimum atomic E-state index is -0.188. The molecule has 0 bridgehead atoms. The molecule has 0 heterocycles. The van der Waals surface area contributed by atoms with E-state index in [0.29, 0.717) is 0 Å². The van der Waals surface area contributed by atoms with Crippen molar-refractivity contribution < 1.29 is 4.39 Å². The Hall–Kier alpha value is -1.15. The van der Waals surface area contributed by atoms with Gasteiger partial charge < -0.3 is 0 Å². The van der Waals surface area contributed by atoms with Crippen LogP contribution in [0, 0.1) is 5.82 Å². The van der Waals surface area contributed by atoms with Gasteiger partial charge in [0.05, 0.1) is 4.83 Å². The van der Waals surface area contributed by atoms with E-state index in [4.69, 9.17) is 0 Å². The number of aryl methyl sites for hydroxylation is 2. The molecule has 0 aliphatic rings. The summed E-state index contributed by atoms with van der Waals surface area (Å²) in [6, 6.07) is 13.4. The first-order chi connectivity index (χ1) is 9.15. The molecule has 0 spiro atoms. The van der Waals surface area contributed by atoms with E-state index in [9.17, 15) is 4.39 Å². The molecule has 0 aromatic heterocycles. The average molecular weight is 321 g/mol.